The summed E-state index contributed by atoms with van der Waals surface area (Å²) in [6.07, 6.45) is 4.91. The molecule has 4 rings (SSSR count). The monoisotopic (exact) mass is 430 g/mol. The molecule has 0 radical (unpaired) electrons. The van der Waals surface area contributed by atoms with Crippen LogP contribution in [-0.2, 0) is 18.3 Å². The number of aryl methyl sites for hydroxylation is 1. The first-order valence-electron chi connectivity index (χ1n) is 11.3. The number of hydrogen-bond acceptors (Lipinski definition) is 3. The highest BCUT2D eigenvalue weighted by molar-refractivity contribution is 5.91. The average Bonchev–Trinajstić information content (AvgIpc) is 3.19. The molecule has 6 nitrogen and oxygen atoms in total. The maximum atomic E-state index is 13.3. The Morgan fingerprint density at radius 3 is 2.41 bits per heavy atom. The van der Waals surface area contributed by atoms with Crippen molar-refractivity contribution >= 4 is 11.8 Å². The minimum atomic E-state index is -0.268. The fourth-order valence-corrected chi connectivity index (χ4v) is 4.33. The number of aromatic nitrogens is 2. The van der Waals surface area contributed by atoms with Crippen LogP contribution in [0.2, 0.25) is 0 Å². The Kier molecular flexibility index (Phi) is 6.69. The molecule has 1 atom stereocenters. The van der Waals surface area contributed by atoms with Crippen LogP contribution in [0.5, 0.6) is 0 Å². The number of amides is 2. The van der Waals surface area contributed by atoms with Crippen LogP contribution in [0.15, 0.2) is 67.0 Å². The molecule has 0 unspecified atom stereocenters. The molecule has 0 saturated carbocycles. The van der Waals surface area contributed by atoms with E-state index in [2.05, 4.69) is 48.3 Å². The lowest BCUT2D eigenvalue weighted by Crippen LogP contribution is -2.38. The van der Waals surface area contributed by atoms with Gasteiger partial charge in [-0.2, -0.15) is 0 Å². The normalized spacial score (nSPS) is 16.8. The van der Waals surface area contributed by atoms with Gasteiger partial charge in [0.2, 0.25) is 5.91 Å². The van der Waals surface area contributed by atoms with E-state index in [4.69, 9.17) is 0 Å². The number of imidazole rings is 1. The first-order chi connectivity index (χ1) is 15.6. The summed E-state index contributed by atoms with van der Waals surface area (Å²) in [6.45, 7) is 4.29. The van der Waals surface area contributed by atoms with Crippen molar-refractivity contribution in [1.82, 2.24) is 19.4 Å². The van der Waals surface area contributed by atoms with Crippen molar-refractivity contribution in [3.05, 3.63) is 78.4 Å². The molecule has 2 heterocycles. The Morgan fingerprint density at radius 1 is 1.03 bits per heavy atom. The summed E-state index contributed by atoms with van der Waals surface area (Å²) in [5.74, 6) is 0.158. The van der Waals surface area contributed by atoms with E-state index >= 15 is 0 Å². The van der Waals surface area contributed by atoms with E-state index in [0.717, 1.165) is 17.5 Å². The van der Waals surface area contributed by atoms with Crippen molar-refractivity contribution in [2.45, 2.75) is 19.8 Å². The number of nitrogens with zero attached hydrogens (tertiary/aromatic N) is 4. The highest BCUT2D eigenvalue weighted by Crippen LogP contribution is 2.23. The number of carbonyl (C=O) groups is 2. The summed E-state index contributed by atoms with van der Waals surface area (Å²) < 4.78 is 1.73. The molecule has 1 fully saturated rings. The molecule has 1 aromatic heterocycles. The van der Waals surface area contributed by atoms with Gasteiger partial charge in [-0.3, -0.25) is 9.59 Å². The molecule has 2 amide bonds. The van der Waals surface area contributed by atoms with Crippen molar-refractivity contribution < 1.29 is 9.59 Å². The summed E-state index contributed by atoms with van der Waals surface area (Å²) in [7, 11) is 1.82. The standard InChI is InChI=1S/C26H30N4O2/c1-3-14-29-16-17-30(26(32)24-27-13-15-28(24)2)19-23(25(29)31)18-20-9-11-22(12-10-20)21-7-5-4-6-8-21/h4-13,15,23H,3,14,16-19H2,1-2H3/t23-/m0/s1. The fourth-order valence-electron chi connectivity index (χ4n) is 4.33. The lowest BCUT2D eigenvalue weighted by molar-refractivity contribution is -0.134. The van der Waals surface area contributed by atoms with Crippen LogP contribution in [0.25, 0.3) is 11.1 Å². The molecule has 166 valence electrons. The summed E-state index contributed by atoms with van der Waals surface area (Å²) in [6, 6.07) is 18.6. The summed E-state index contributed by atoms with van der Waals surface area (Å²) in [5, 5.41) is 0. The zero-order chi connectivity index (χ0) is 22.5. The number of carbonyl (C=O) groups excluding carboxylic acids is 2. The quantitative estimate of drug-likeness (QED) is 0.600. The third-order valence-corrected chi connectivity index (χ3v) is 6.08. The topological polar surface area (TPSA) is 58.4 Å². The van der Waals surface area contributed by atoms with Gasteiger partial charge in [0, 0.05) is 45.6 Å². The molecule has 0 N–H and O–H groups in total. The lowest BCUT2D eigenvalue weighted by atomic mass is 9.95. The highest BCUT2D eigenvalue weighted by Gasteiger charge is 2.33. The molecule has 2 aromatic carbocycles. The van der Waals surface area contributed by atoms with Crippen molar-refractivity contribution in [2.24, 2.45) is 13.0 Å². The van der Waals surface area contributed by atoms with Crippen molar-refractivity contribution in [3.63, 3.8) is 0 Å². The van der Waals surface area contributed by atoms with E-state index in [1.165, 1.54) is 5.56 Å². The van der Waals surface area contributed by atoms with Crippen LogP contribution in [0.1, 0.15) is 29.5 Å². The lowest BCUT2D eigenvalue weighted by Gasteiger charge is -2.24. The molecule has 32 heavy (non-hydrogen) atoms. The third kappa shape index (κ3) is 4.74. The van der Waals surface area contributed by atoms with Gasteiger partial charge in [0.25, 0.3) is 5.91 Å². The van der Waals surface area contributed by atoms with Crippen molar-refractivity contribution in [2.75, 3.05) is 26.2 Å². The SMILES string of the molecule is CCCN1CCN(C(=O)c2nccn2C)C[C@H](Cc2ccc(-c3ccccc3)cc2)C1=O. The second-order valence-corrected chi connectivity index (χ2v) is 8.40. The van der Waals surface area contributed by atoms with Gasteiger partial charge in [-0.15, -0.1) is 0 Å². The minimum absolute atomic E-state index is 0.118. The van der Waals surface area contributed by atoms with E-state index in [1.54, 1.807) is 21.9 Å². The van der Waals surface area contributed by atoms with Crippen LogP contribution in [0.4, 0.5) is 0 Å². The van der Waals surface area contributed by atoms with Gasteiger partial charge >= 0.3 is 0 Å². The Hall–Kier alpha value is -3.41. The second kappa shape index (κ2) is 9.81. The Morgan fingerprint density at radius 2 is 1.75 bits per heavy atom. The number of benzene rings is 2. The molecule has 0 spiro atoms. The molecule has 1 aliphatic heterocycles. The largest absolute Gasteiger partial charge is 0.341 e. The van der Waals surface area contributed by atoms with E-state index in [9.17, 15) is 9.59 Å². The van der Waals surface area contributed by atoms with Crippen LogP contribution < -0.4 is 0 Å². The molecule has 6 heteroatoms. The van der Waals surface area contributed by atoms with E-state index in [0.29, 0.717) is 38.4 Å². The van der Waals surface area contributed by atoms with Crippen LogP contribution >= 0.6 is 0 Å². The first kappa shape index (κ1) is 21.8. The molecular formula is C26H30N4O2. The third-order valence-electron chi connectivity index (χ3n) is 6.08. The van der Waals surface area contributed by atoms with E-state index < -0.39 is 0 Å². The van der Waals surface area contributed by atoms with Gasteiger partial charge in [0.15, 0.2) is 5.82 Å². The van der Waals surface area contributed by atoms with Crippen LogP contribution in [0.3, 0.4) is 0 Å². The van der Waals surface area contributed by atoms with E-state index in [1.807, 2.05) is 30.1 Å². The van der Waals surface area contributed by atoms with Crippen molar-refractivity contribution in [3.8, 4) is 11.1 Å². The molecule has 1 aliphatic rings. The predicted molar refractivity (Wildman–Crippen MR) is 125 cm³/mol. The van der Waals surface area contributed by atoms with Gasteiger partial charge in [0.05, 0.1) is 5.92 Å². The number of rotatable bonds is 6. The van der Waals surface area contributed by atoms with Gasteiger partial charge in [0.1, 0.15) is 0 Å². The molecular weight excluding hydrogens is 400 g/mol. The summed E-state index contributed by atoms with van der Waals surface area (Å²) in [5.41, 5.74) is 3.43. The molecule has 1 saturated heterocycles. The fraction of sp³-hybridized carbons (Fsp3) is 0.346. The van der Waals surface area contributed by atoms with Gasteiger partial charge in [-0.25, -0.2) is 4.98 Å². The predicted octanol–water partition coefficient (Wildman–Crippen LogP) is 3.64. The molecule has 0 bridgehead atoms. The van der Waals surface area contributed by atoms with Gasteiger partial charge in [-0.05, 0) is 29.5 Å². The van der Waals surface area contributed by atoms with Crippen molar-refractivity contribution in [1.29, 1.82) is 0 Å². The second-order valence-electron chi connectivity index (χ2n) is 8.40. The average molecular weight is 431 g/mol. The summed E-state index contributed by atoms with van der Waals surface area (Å²) in [4.78, 5) is 34.4. The van der Waals surface area contributed by atoms with E-state index in [-0.39, 0.29) is 17.7 Å². The maximum Gasteiger partial charge on any atom is 0.289 e. The Bertz CT molecular complexity index is 1060. The van der Waals surface area contributed by atoms with Gasteiger partial charge in [-0.1, -0.05) is 61.5 Å². The zero-order valence-corrected chi connectivity index (χ0v) is 18.8. The summed E-state index contributed by atoms with van der Waals surface area (Å²) >= 11 is 0. The van der Waals surface area contributed by atoms with Gasteiger partial charge < -0.3 is 14.4 Å². The Labute approximate surface area is 189 Å². The van der Waals surface area contributed by atoms with Crippen LogP contribution in [0, 0.1) is 5.92 Å². The maximum absolute atomic E-state index is 13.3. The first-order valence-corrected chi connectivity index (χ1v) is 11.3. The zero-order valence-electron chi connectivity index (χ0n) is 18.8. The van der Waals surface area contributed by atoms with Crippen LogP contribution in [-0.4, -0.2) is 57.3 Å². The Balaban J connectivity index is 1.54. The highest BCUT2D eigenvalue weighted by atomic mass is 16.2. The minimum Gasteiger partial charge on any atom is -0.341 e. The molecule has 0 aliphatic carbocycles. The smallest absolute Gasteiger partial charge is 0.289 e. The molecule has 3 aromatic rings. The number of hydrogen-bond donors (Lipinski definition) is 0.